The molecule has 0 unspecified atom stereocenters. The van der Waals surface area contributed by atoms with E-state index >= 15 is 0 Å². The maximum atomic E-state index is 10.7. The summed E-state index contributed by atoms with van der Waals surface area (Å²) in [5.74, 6) is 2.75. The van der Waals surface area contributed by atoms with Crippen molar-refractivity contribution in [3.05, 3.63) is 35.4 Å². The third-order valence-corrected chi connectivity index (χ3v) is 8.49. The second-order valence-corrected chi connectivity index (χ2v) is 10.2. The van der Waals surface area contributed by atoms with Gasteiger partial charge in [0.25, 0.3) is 0 Å². The van der Waals surface area contributed by atoms with E-state index < -0.39 is 0 Å². The summed E-state index contributed by atoms with van der Waals surface area (Å²) >= 11 is 1.59. The number of hydrogen-bond donors (Lipinski definition) is 2. The summed E-state index contributed by atoms with van der Waals surface area (Å²) in [6.07, 6.45) is 5.50. The molecule has 31 heavy (non-hydrogen) atoms. The molecule has 2 aromatic heterocycles. The summed E-state index contributed by atoms with van der Waals surface area (Å²) in [6.45, 7) is 5.92. The lowest BCUT2D eigenvalue weighted by atomic mass is 9.95. The van der Waals surface area contributed by atoms with Gasteiger partial charge in [-0.05, 0) is 74.1 Å². The van der Waals surface area contributed by atoms with Crippen molar-refractivity contribution < 1.29 is 10.2 Å². The SMILES string of the molecule is Oc1c2c(c(O)n1CCCCN1CCN(c3nsc4ccccc34)CC1)[C@H]1CC[C@@H]2C1. The Labute approximate surface area is 186 Å². The second kappa shape index (κ2) is 7.71. The average molecular weight is 439 g/mol. The minimum Gasteiger partial charge on any atom is -0.494 e. The molecule has 1 saturated heterocycles. The van der Waals surface area contributed by atoms with Crippen LogP contribution in [0.1, 0.15) is 55.1 Å². The number of nitrogens with zero attached hydrogens (tertiary/aromatic N) is 4. The molecule has 2 N–H and O–H groups in total. The van der Waals surface area contributed by atoms with Crippen LogP contribution < -0.4 is 4.90 Å². The van der Waals surface area contributed by atoms with Crippen LogP contribution >= 0.6 is 11.5 Å². The first-order valence-electron chi connectivity index (χ1n) is 11.7. The number of aromatic hydroxyl groups is 2. The van der Waals surface area contributed by atoms with Crippen molar-refractivity contribution >= 4 is 27.4 Å². The zero-order chi connectivity index (χ0) is 20.9. The highest BCUT2D eigenvalue weighted by molar-refractivity contribution is 7.13. The number of piperazine rings is 1. The van der Waals surface area contributed by atoms with E-state index in [1.165, 1.54) is 10.1 Å². The monoisotopic (exact) mass is 438 g/mol. The fourth-order valence-corrected chi connectivity index (χ4v) is 6.84. The van der Waals surface area contributed by atoms with E-state index in [1.807, 2.05) is 0 Å². The van der Waals surface area contributed by atoms with Crippen molar-refractivity contribution in [1.82, 2.24) is 13.8 Å². The predicted octanol–water partition coefficient (Wildman–Crippen LogP) is 4.48. The van der Waals surface area contributed by atoms with Crippen molar-refractivity contribution in [2.24, 2.45) is 0 Å². The Morgan fingerprint density at radius 3 is 2.32 bits per heavy atom. The number of rotatable bonds is 6. The Morgan fingerprint density at radius 1 is 0.903 bits per heavy atom. The van der Waals surface area contributed by atoms with Crippen molar-refractivity contribution in [3.63, 3.8) is 0 Å². The Bertz CT molecular complexity index is 1070. The summed E-state index contributed by atoms with van der Waals surface area (Å²) in [6, 6.07) is 8.49. The van der Waals surface area contributed by atoms with E-state index in [4.69, 9.17) is 4.37 Å². The van der Waals surface area contributed by atoms with Crippen molar-refractivity contribution in [2.75, 3.05) is 37.6 Å². The largest absolute Gasteiger partial charge is 0.494 e. The first-order valence-corrected chi connectivity index (χ1v) is 12.4. The summed E-state index contributed by atoms with van der Waals surface area (Å²) in [4.78, 5) is 4.95. The van der Waals surface area contributed by atoms with Crippen LogP contribution in [0.3, 0.4) is 0 Å². The molecule has 1 aromatic carbocycles. The van der Waals surface area contributed by atoms with Gasteiger partial charge in [-0.3, -0.25) is 9.47 Å². The molecule has 0 amide bonds. The van der Waals surface area contributed by atoms with E-state index in [1.54, 1.807) is 16.1 Å². The molecule has 164 valence electrons. The van der Waals surface area contributed by atoms with E-state index in [0.717, 1.165) is 81.8 Å². The summed E-state index contributed by atoms with van der Waals surface area (Å²) in [7, 11) is 0. The molecule has 7 heteroatoms. The quantitative estimate of drug-likeness (QED) is 0.556. The van der Waals surface area contributed by atoms with Gasteiger partial charge in [-0.1, -0.05) is 12.1 Å². The molecule has 0 radical (unpaired) electrons. The molecule has 3 aliphatic rings. The molecule has 3 aromatic rings. The van der Waals surface area contributed by atoms with Gasteiger partial charge in [0, 0.05) is 49.2 Å². The first-order chi connectivity index (χ1) is 15.2. The van der Waals surface area contributed by atoms with Crippen LogP contribution in [-0.2, 0) is 6.54 Å². The van der Waals surface area contributed by atoms with Crippen molar-refractivity contribution in [2.45, 2.75) is 50.5 Å². The predicted molar refractivity (Wildman–Crippen MR) is 125 cm³/mol. The van der Waals surface area contributed by atoms with E-state index in [9.17, 15) is 10.2 Å². The molecule has 1 aliphatic heterocycles. The smallest absolute Gasteiger partial charge is 0.197 e. The Morgan fingerprint density at radius 2 is 1.58 bits per heavy atom. The van der Waals surface area contributed by atoms with Gasteiger partial charge in [0.15, 0.2) is 11.8 Å². The van der Waals surface area contributed by atoms with Crippen LogP contribution in [-0.4, -0.2) is 56.8 Å². The summed E-state index contributed by atoms with van der Waals surface area (Å²) < 4.78 is 7.73. The molecule has 2 bridgehead atoms. The molecule has 6 rings (SSSR count). The van der Waals surface area contributed by atoms with Gasteiger partial charge in [0.05, 0.1) is 4.70 Å². The van der Waals surface area contributed by atoms with Gasteiger partial charge < -0.3 is 15.1 Å². The number of fused-ring (bicyclic) bond motifs is 6. The normalized spacial score (nSPS) is 23.2. The van der Waals surface area contributed by atoms with E-state index in [2.05, 4.69) is 34.1 Å². The van der Waals surface area contributed by atoms with Crippen LogP contribution in [0.2, 0.25) is 0 Å². The summed E-state index contributed by atoms with van der Waals surface area (Å²) in [5.41, 5.74) is 2.11. The lowest BCUT2D eigenvalue weighted by Crippen LogP contribution is -2.46. The van der Waals surface area contributed by atoms with Crippen molar-refractivity contribution in [3.8, 4) is 11.8 Å². The topological polar surface area (TPSA) is 64.8 Å². The van der Waals surface area contributed by atoms with Gasteiger partial charge in [-0.2, -0.15) is 4.37 Å². The molecular weight excluding hydrogens is 408 g/mol. The number of anilines is 1. The molecule has 2 fully saturated rings. The highest BCUT2D eigenvalue weighted by atomic mass is 32.1. The van der Waals surface area contributed by atoms with Gasteiger partial charge in [-0.25, -0.2) is 0 Å². The van der Waals surface area contributed by atoms with Crippen LogP contribution in [0.4, 0.5) is 5.82 Å². The van der Waals surface area contributed by atoms with Gasteiger partial charge >= 0.3 is 0 Å². The minimum atomic E-state index is 0.337. The van der Waals surface area contributed by atoms with Crippen LogP contribution in [0.15, 0.2) is 24.3 Å². The number of unbranched alkanes of at least 4 members (excludes halogenated alkanes) is 1. The number of aromatic nitrogens is 2. The van der Waals surface area contributed by atoms with Gasteiger partial charge in [-0.15, -0.1) is 0 Å². The lowest BCUT2D eigenvalue weighted by molar-refractivity contribution is 0.249. The first kappa shape index (κ1) is 19.4. The second-order valence-electron chi connectivity index (χ2n) is 9.37. The lowest BCUT2D eigenvalue weighted by Gasteiger charge is -2.35. The zero-order valence-corrected chi connectivity index (χ0v) is 18.7. The Balaban J connectivity index is 1.01. The fourth-order valence-electron chi connectivity index (χ4n) is 6.04. The van der Waals surface area contributed by atoms with Crippen LogP contribution in [0.5, 0.6) is 11.8 Å². The number of benzene rings is 1. The molecule has 2 aliphatic carbocycles. The maximum Gasteiger partial charge on any atom is 0.197 e. The molecule has 3 heterocycles. The van der Waals surface area contributed by atoms with E-state index in [-0.39, 0.29) is 0 Å². The molecule has 1 saturated carbocycles. The number of hydrogen-bond acceptors (Lipinski definition) is 6. The molecule has 0 spiro atoms. The fraction of sp³-hybridized carbons (Fsp3) is 0.542. The average Bonchev–Trinajstić information content (AvgIpc) is 3.56. The van der Waals surface area contributed by atoms with Crippen molar-refractivity contribution in [1.29, 1.82) is 0 Å². The minimum absolute atomic E-state index is 0.337. The highest BCUT2D eigenvalue weighted by Gasteiger charge is 2.43. The maximum absolute atomic E-state index is 10.7. The standard InChI is InChI=1S/C24H30N4O2S/c29-23-20-16-7-8-17(15-16)21(20)24(30)28(23)10-4-3-9-26-11-13-27(14-12-26)22-18-5-1-2-6-19(18)31-25-22/h1-2,5-6,16-17,29-30H,3-4,7-15H2/t16-,17+. The molecular formula is C24H30N4O2S. The molecule has 6 nitrogen and oxygen atoms in total. The molecule has 2 atom stereocenters. The van der Waals surface area contributed by atoms with E-state index in [0.29, 0.717) is 30.1 Å². The third kappa shape index (κ3) is 3.21. The van der Waals surface area contributed by atoms with Crippen LogP contribution in [0, 0.1) is 0 Å². The van der Waals surface area contributed by atoms with Gasteiger partial charge in [0.2, 0.25) is 0 Å². The third-order valence-electron chi connectivity index (χ3n) is 7.67. The Hall–Kier alpha value is -2.25. The summed E-state index contributed by atoms with van der Waals surface area (Å²) in [5, 5.41) is 22.6. The Kier molecular flexibility index (Phi) is 4.83. The van der Waals surface area contributed by atoms with Crippen LogP contribution in [0.25, 0.3) is 10.1 Å². The van der Waals surface area contributed by atoms with Gasteiger partial charge in [0.1, 0.15) is 5.82 Å². The highest BCUT2D eigenvalue weighted by Crippen LogP contribution is 2.59. The zero-order valence-electron chi connectivity index (χ0n) is 17.8.